The first-order valence-corrected chi connectivity index (χ1v) is 10.6. The number of halogens is 1. The predicted molar refractivity (Wildman–Crippen MR) is 109 cm³/mol. The van der Waals surface area contributed by atoms with Crippen LogP contribution in [0.3, 0.4) is 0 Å². The molecule has 1 aromatic heterocycles. The Bertz CT molecular complexity index is 969. The van der Waals surface area contributed by atoms with Crippen LogP contribution >= 0.6 is 11.3 Å². The summed E-state index contributed by atoms with van der Waals surface area (Å²) in [5.41, 5.74) is 0.607. The van der Waals surface area contributed by atoms with Crippen molar-refractivity contribution in [3.63, 3.8) is 0 Å². The topological polar surface area (TPSA) is 94.6 Å². The van der Waals surface area contributed by atoms with Gasteiger partial charge in [-0.1, -0.05) is 12.1 Å². The van der Waals surface area contributed by atoms with E-state index < -0.39 is 11.6 Å². The molecule has 0 bridgehead atoms. The molecular weight excluding hydrogens is 409 g/mol. The van der Waals surface area contributed by atoms with Crippen LogP contribution in [-0.4, -0.2) is 57.8 Å². The molecule has 2 aliphatic rings. The number of hydrogen-bond acceptors (Lipinski definition) is 6. The molecular formula is C20H22FN5O3S. The second-order valence-electron chi connectivity index (χ2n) is 7.65. The Morgan fingerprint density at radius 2 is 1.97 bits per heavy atom. The molecule has 0 atom stereocenters. The smallest absolute Gasteiger partial charge is 0.323 e. The number of nitrogens with zero attached hydrogens (tertiary/aromatic N) is 3. The van der Waals surface area contributed by atoms with Crippen LogP contribution in [0.5, 0.6) is 0 Å². The molecule has 4 rings (SSSR count). The van der Waals surface area contributed by atoms with Crippen LogP contribution in [0.4, 0.5) is 14.3 Å². The summed E-state index contributed by atoms with van der Waals surface area (Å²) in [6.07, 6.45) is 0.863. The standard InChI is InChI=1S/C20H22FN5O3S/c1-13-12-30-18(22-13)23-16(27)11-25-8-6-20(7-9-25)17(28)26(19(29)24-20)10-14-2-4-15(21)5-3-14/h2-5,12H,6-11H2,1H3,(H,24,29)(H,22,23,27). The normalized spacial score (nSPS) is 18.7. The number of rotatable bonds is 5. The maximum atomic E-state index is 13.1. The van der Waals surface area contributed by atoms with E-state index in [0.717, 1.165) is 5.69 Å². The molecule has 1 spiro atoms. The van der Waals surface area contributed by atoms with Crippen LogP contribution in [0.25, 0.3) is 0 Å². The van der Waals surface area contributed by atoms with Crippen LogP contribution in [0.1, 0.15) is 24.1 Å². The first-order valence-electron chi connectivity index (χ1n) is 9.67. The molecule has 4 amide bonds. The lowest BCUT2D eigenvalue weighted by Crippen LogP contribution is -2.55. The zero-order valence-corrected chi connectivity index (χ0v) is 17.3. The number of aromatic nitrogens is 1. The van der Waals surface area contributed by atoms with Crippen molar-refractivity contribution in [3.05, 3.63) is 46.7 Å². The number of benzene rings is 1. The third-order valence-corrected chi connectivity index (χ3v) is 6.32. The lowest BCUT2D eigenvalue weighted by molar-refractivity contribution is -0.133. The molecule has 1 aromatic carbocycles. The van der Waals surface area contributed by atoms with Gasteiger partial charge in [-0.2, -0.15) is 0 Å². The van der Waals surface area contributed by atoms with Gasteiger partial charge in [-0.15, -0.1) is 11.3 Å². The van der Waals surface area contributed by atoms with Crippen LogP contribution in [0.2, 0.25) is 0 Å². The van der Waals surface area contributed by atoms with E-state index in [1.54, 1.807) is 12.1 Å². The van der Waals surface area contributed by atoms with Gasteiger partial charge in [-0.25, -0.2) is 14.2 Å². The van der Waals surface area contributed by atoms with Crippen molar-refractivity contribution in [3.8, 4) is 0 Å². The van der Waals surface area contributed by atoms with E-state index in [4.69, 9.17) is 0 Å². The van der Waals surface area contributed by atoms with E-state index in [0.29, 0.717) is 36.6 Å². The van der Waals surface area contributed by atoms with Gasteiger partial charge >= 0.3 is 6.03 Å². The minimum absolute atomic E-state index is 0.103. The highest BCUT2D eigenvalue weighted by Gasteiger charge is 2.52. The summed E-state index contributed by atoms with van der Waals surface area (Å²) in [5, 5.41) is 8.06. The molecule has 2 fully saturated rings. The van der Waals surface area contributed by atoms with E-state index in [1.807, 2.05) is 17.2 Å². The molecule has 0 aliphatic carbocycles. The molecule has 10 heteroatoms. The van der Waals surface area contributed by atoms with Gasteiger partial charge in [0.05, 0.1) is 18.8 Å². The van der Waals surface area contributed by atoms with Gasteiger partial charge in [-0.3, -0.25) is 19.4 Å². The molecule has 0 saturated carbocycles. The highest BCUT2D eigenvalue weighted by atomic mass is 32.1. The zero-order chi connectivity index (χ0) is 21.3. The number of amides is 4. The monoisotopic (exact) mass is 431 g/mol. The Kier molecular flexibility index (Phi) is 5.52. The number of urea groups is 1. The number of nitrogens with one attached hydrogen (secondary N) is 2. The first-order chi connectivity index (χ1) is 14.3. The first kappa shape index (κ1) is 20.4. The Labute approximate surface area is 177 Å². The fourth-order valence-electron chi connectivity index (χ4n) is 3.80. The van der Waals surface area contributed by atoms with Gasteiger partial charge in [0.25, 0.3) is 5.91 Å². The predicted octanol–water partition coefficient (Wildman–Crippen LogP) is 2.12. The van der Waals surface area contributed by atoms with Crippen LogP contribution < -0.4 is 10.6 Å². The Morgan fingerprint density at radius 1 is 1.27 bits per heavy atom. The van der Waals surface area contributed by atoms with Crippen LogP contribution in [-0.2, 0) is 16.1 Å². The molecule has 2 aromatic rings. The average molecular weight is 431 g/mol. The molecule has 2 saturated heterocycles. The van der Waals surface area contributed by atoms with Crippen molar-refractivity contribution in [2.24, 2.45) is 0 Å². The van der Waals surface area contributed by atoms with Crippen molar-refractivity contribution in [1.82, 2.24) is 20.1 Å². The summed E-state index contributed by atoms with van der Waals surface area (Å²) in [7, 11) is 0. The minimum atomic E-state index is -0.934. The number of carbonyl (C=O) groups is 3. The number of carbonyl (C=O) groups excluding carboxylic acids is 3. The third kappa shape index (κ3) is 4.19. The second kappa shape index (κ2) is 8.11. The highest BCUT2D eigenvalue weighted by Crippen LogP contribution is 2.30. The number of likely N-dealkylation sites (tertiary alicyclic amines) is 1. The maximum absolute atomic E-state index is 13.1. The van der Waals surface area contributed by atoms with E-state index in [9.17, 15) is 18.8 Å². The highest BCUT2D eigenvalue weighted by molar-refractivity contribution is 7.13. The summed E-state index contributed by atoms with van der Waals surface area (Å²) in [6, 6.07) is 5.30. The van der Waals surface area contributed by atoms with Crippen molar-refractivity contribution < 1.29 is 18.8 Å². The molecule has 2 aliphatic heterocycles. The Balaban J connectivity index is 1.33. The summed E-state index contributed by atoms with van der Waals surface area (Å²) >= 11 is 1.38. The lowest BCUT2D eigenvalue weighted by atomic mass is 9.87. The number of hydrogen-bond donors (Lipinski definition) is 2. The van der Waals surface area contributed by atoms with Crippen LogP contribution in [0.15, 0.2) is 29.6 Å². The molecule has 3 heterocycles. The summed E-state index contributed by atoms with van der Waals surface area (Å²) in [6.45, 7) is 3.20. The van der Waals surface area contributed by atoms with Crippen molar-refractivity contribution >= 4 is 34.3 Å². The van der Waals surface area contributed by atoms with E-state index in [-0.39, 0.29) is 30.7 Å². The Morgan fingerprint density at radius 3 is 2.60 bits per heavy atom. The number of imide groups is 1. The minimum Gasteiger partial charge on any atom is -0.323 e. The summed E-state index contributed by atoms with van der Waals surface area (Å²) in [4.78, 5) is 45.0. The summed E-state index contributed by atoms with van der Waals surface area (Å²) < 4.78 is 13.1. The second-order valence-corrected chi connectivity index (χ2v) is 8.51. The molecule has 158 valence electrons. The van der Waals surface area contributed by atoms with Gasteiger partial charge in [0.2, 0.25) is 5.91 Å². The largest absolute Gasteiger partial charge is 0.325 e. The third-order valence-electron chi connectivity index (χ3n) is 5.44. The van der Waals surface area contributed by atoms with Crippen LogP contribution in [0, 0.1) is 12.7 Å². The van der Waals surface area contributed by atoms with Gasteiger partial charge in [0.1, 0.15) is 11.4 Å². The van der Waals surface area contributed by atoms with Crippen molar-refractivity contribution in [2.45, 2.75) is 31.8 Å². The molecule has 30 heavy (non-hydrogen) atoms. The number of anilines is 1. The number of thiazole rings is 1. The van der Waals surface area contributed by atoms with Gasteiger partial charge < -0.3 is 10.6 Å². The average Bonchev–Trinajstić information content (AvgIpc) is 3.21. The lowest BCUT2D eigenvalue weighted by Gasteiger charge is -2.36. The van der Waals surface area contributed by atoms with Gasteiger partial charge in [0, 0.05) is 18.5 Å². The molecule has 2 N–H and O–H groups in total. The van der Waals surface area contributed by atoms with E-state index in [1.165, 1.54) is 28.4 Å². The fourth-order valence-corrected chi connectivity index (χ4v) is 4.50. The molecule has 0 unspecified atom stereocenters. The number of piperidine rings is 1. The van der Waals surface area contributed by atoms with Gasteiger partial charge in [0.15, 0.2) is 5.13 Å². The van der Waals surface area contributed by atoms with E-state index >= 15 is 0 Å². The molecule has 0 radical (unpaired) electrons. The van der Waals surface area contributed by atoms with Crippen molar-refractivity contribution in [2.75, 3.05) is 25.0 Å². The quantitative estimate of drug-likeness (QED) is 0.708. The fraction of sp³-hybridized carbons (Fsp3) is 0.400. The zero-order valence-electron chi connectivity index (χ0n) is 16.5. The number of aryl methyl sites for hydroxylation is 1. The Hall–Kier alpha value is -2.85. The van der Waals surface area contributed by atoms with Crippen molar-refractivity contribution in [1.29, 1.82) is 0 Å². The van der Waals surface area contributed by atoms with E-state index in [2.05, 4.69) is 15.6 Å². The maximum Gasteiger partial charge on any atom is 0.325 e. The molecule has 8 nitrogen and oxygen atoms in total. The summed E-state index contributed by atoms with van der Waals surface area (Å²) in [5.74, 6) is -0.784. The van der Waals surface area contributed by atoms with Gasteiger partial charge in [-0.05, 0) is 37.5 Å². The SMILES string of the molecule is Cc1csc(NC(=O)CN2CCC3(CC2)NC(=O)N(Cc2ccc(F)cc2)C3=O)n1.